The molecule has 0 radical (unpaired) electrons. The van der Waals surface area contributed by atoms with Crippen molar-refractivity contribution in [3.63, 3.8) is 0 Å². The molecule has 0 heterocycles. The third-order valence-electron chi connectivity index (χ3n) is 2.99. The number of benzene rings is 2. The van der Waals surface area contributed by atoms with Crippen LogP contribution >= 0.6 is 35.4 Å². The molecule has 0 amide bonds. The van der Waals surface area contributed by atoms with E-state index < -0.39 is 0 Å². The highest BCUT2D eigenvalue weighted by atomic mass is 35.5. The van der Waals surface area contributed by atoms with E-state index in [1.165, 1.54) is 5.56 Å². The molecule has 0 saturated carbocycles. The lowest BCUT2D eigenvalue weighted by atomic mass is 10.0. The van der Waals surface area contributed by atoms with Crippen molar-refractivity contribution in [2.75, 3.05) is 10.6 Å². The monoisotopic (exact) mass is 338 g/mol. The number of thiocarbonyl (C=S) groups is 1. The van der Waals surface area contributed by atoms with Crippen LogP contribution in [-0.4, -0.2) is 5.11 Å². The van der Waals surface area contributed by atoms with E-state index in [4.69, 9.17) is 35.4 Å². The van der Waals surface area contributed by atoms with E-state index in [1.54, 1.807) is 12.1 Å². The van der Waals surface area contributed by atoms with Crippen molar-refractivity contribution < 1.29 is 0 Å². The molecule has 110 valence electrons. The molecule has 2 nitrogen and oxygen atoms in total. The molecule has 0 aliphatic rings. The van der Waals surface area contributed by atoms with Gasteiger partial charge in [-0.05, 0) is 54.0 Å². The van der Waals surface area contributed by atoms with Crippen LogP contribution in [0, 0.1) is 0 Å². The topological polar surface area (TPSA) is 24.1 Å². The first-order chi connectivity index (χ1) is 9.95. The average Bonchev–Trinajstić information content (AvgIpc) is 2.43. The number of hydrogen-bond acceptors (Lipinski definition) is 1. The first kappa shape index (κ1) is 16.1. The molecule has 5 heteroatoms. The molecule has 0 spiro atoms. The summed E-state index contributed by atoms with van der Waals surface area (Å²) in [7, 11) is 0. The molecular formula is C16H16Cl2N2S. The van der Waals surface area contributed by atoms with Crippen LogP contribution in [0.25, 0.3) is 0 Å². The molecule has 21 heavy (non-hydrogen) atoms. The van der Waals surface area contributed by atoms with E-state index in [0.29, 0.717) is 21.1 Å². The van der Waals surface area contributed by atoms with Gasteiger partial charge in [0.25, 0.3) is 0 Å². The van der Waals surface area contributed by atoms with E-state index in [2.05, 4.69) is 36.6 Å². The minimum absolute atomic E-state index is 0.475. The zero-order chi connectivity index (χ0) is 15.4. The average molecular weight is 339 g/mol. The number of hydrogen-bond donors (Lipinski definition) is 2. The van der Waals surface area contributed by atoms with Gasteiger partial charge in [0.05, 0.1) is 10.0 Å². The normalized spacial score (nSPS) is 10.5. The molecule has 0 aliphatic carbocycles. The zero-order valence-electron chi connectivity index (χ0n) is 11.8. The van der Waals surface area contributed by atoms with E-state index >= 15 is 0 Å². The highest BCUT2D eigenvalue weighted by Crippen LogP contribution is 2.25. The van der Waals surface area contributed by atoms with E-state index in [0.717, 1.165) is 11.4 Å². The van der Waals surface area contributed by atoms with E-state index in [-0.39, 0.29) is 0 Å². The van der Waals surface area contributed by atoms with Gasteiger partial charge in [0.15, 0.2) is 5.11 Å². The van der Waals surface area contributed by atoms with Crippen molar-refractivity contribution in [3.8, 4) is 0 Å². The third-order valence-corrected chi connectivity index (χ3v) is 3.93. The fourth-order valence-electron chi connectivity index (χ4n) is 1.84. The summed E-state index contributed by atoms with van der Waals surface area (Å²) < 4.78 is 0. The molecule has 0 bridgehead atoms. The van der Waals surface area contributed by atoms with Gasteiger partial charge in [0.2, 0.25) is 0 Å². The molecule has 0 saturated heterocycles. The van der Waals surface area contributed by atoms with Crippen LogP contribution in [0.2, 0.25) is 10.0 Å². The summed E-state index contributed by atoms with van der Waals surface area (Å²) in [4.78, 5) is 0. The SMILES string of the molecule is CC(C)c1cccc(NC(=S)Nc2ccc(Cl)c(Cl)c2)c1. The highest BCUT2D eigenvalue weighted by molar-refractivity contribution is 7.80. The minimum Gasteiger partial charge on any atom is -0.332 e. The van der Waals surface area contributed by atoms with Crippen molar-refractivity contribution in [1.82, 2.24) is 0 Å². The van der Waals surface area contributed by atoms with Gasteiger partial charge >= 0.3 is 0 Å². The summed E-state index contributed by atoms with van der Waals surface area (Å²) in [6, 6.07) is 13.5. The molecule has 0 atom stereocenters. The van der Waals surface area contributed by atoms with Crippen molar-refractivity contribution in [2.45, 2.75) is 19.8 Å². The Morgan fingerprint density at radius 2 is 1.62 bits per heavy atom. The lowest BCUT2D eigenvalue weighted by molar-refractivity contribution is 0.867. The van der Waals surface area contributed by atoms with Crippen LogP contribution in [0.3, 0.4) is 0 Å². The number of rotatable bonds is 3. The van der Waals surface area contributed by atoms with Crippen molar-refractivity contribution in [2.24, 2.45) is 0 Å². The predicted molar refractivity (Wildman–Crippen MR) is 96.8 cm³/mol. The maximum Gasteiger partial charge on any atom is 0.175 e. The Morgan fingerprint density at radius 3 is 2.24 bits per heavy atom. The standard InChI is InChI=1S/C16H16Cl2N2S/c1-10(2)11-4-3-5-12(8-11)19-16(21)20-13-6-7-14(17)15(18)9-13/h3-10H,1-2H3,(H2,19,20,21). The van der Waals surface area contributed by atoms with Gasteiger partial charge in [-0.15, -0.1) is 0 Å². The molecule has 2 N–H and O–H groups in total. The van der Waals surface area contributed by atoms with Crippen LogP contribution in [0.5, 0.6) is 0 Å². The second-order valence-corrected chi connectivity index (χ2v) is 6.21. The van der Waals surface area contributed by atoms with Crippen molar-refractivity contribution in [1.29, 1.82) is 0 Å². The summed E-state index contributed by atoms with van der Waals surface area (Å²) in [5, 5.41) is 7.77. The first-order valence-corrected chi connectivity index (χ1v) is 7.75. The molecule has 0 unspecified atom stereocenters. The van der Waals surface area contributed by atoms with Gasteiger partial charge in [-0.2, -0.15) is 0 Å². The number of nitrogens with one attached hydrogen (secondary N) is 2. The fraction of sp³-hybridized carbons (Fsp3) is 0.188. The minimum atomic E-state index is 0.475. The molecule has 2 aromatic rings. The maximum absolute atomic E-state index is 5.98. The Kier molecular flexibility index (Phi) is 5.45. The summed E-state index contributed by atoms with van der Waals surface area (Å²) in [5.41, 5.74) is 3.01. The van der Waals surface area contributed by atoms with Crippen LogP contribution in [-0.2, 0) is 0 Å². The van der Waals surface area contributed by atoms with Gasteiger partial charge in [0.1, 0.15) is 0 Å². The third kappa shape index (κ3) is 4.60. The summed E-state index contributed by atoms with van der Waals surface area (Å²) in [6.45, 7) is 4.32. The van der Waals surface area contributed by atoms with Gasteiger partial charge in [-0.3, -0.25) is 0 Å². The van der Waals surface area contributed by atoms with Crippen LogP contribution < -0.4 is 10.6 Å². The van der Waals surface area contributed by atoms with Gasteiger partial charge in [-0.25, -0.2) is 0 Å². The Morgan fingerprint density at radius 1 is 0.952 bits per heavy atom. The van der Waals surface area contributed by atoms with Gasteiger partial charge < -0.3 is 10.6 Å². The van der Waals surface area contributed by atoms with E-state index in [9.17, 15) is 0 Å². The summed E-state index contributed by atoms with van der Waals surface area (Å²) >= 11 is 17.2. The van der Waals surface area contributed by atoms with Crippen LogP contribution in [0.4, 0.5) is 11.4 Å². The molecule has 0 aromatic heterocycles. The second kappa shape index (κ2) is 7.12. The van der Waals surface area contributed by atoms with Gasteiger partial charge in [0, 0.05) is 11.4 Å². The lowest BCUT2D eigenvalue weighted by Gasteiger charge is -2.13. The number of halogens is 2. The highest BCUT2D eigenvalue weighted by Gasteiger charge is 2.04. The summed E-state index contributed by atoms with van der Waals surface area (Å²) in [6.07, 6.45) is 0. The van der Waals surface area contributed by atoms with Gasteiger partial charge in [-0.1, -0.05) is 49.2 Å². The number of anilines is 2. The Labute approximate surface area is 140 Å². The molecular weight excluding hydrogens is 323 g/mol. The molecule has 0 aliphatic heterocycles. The Balaban J connectivity index is 2.04. The van der Waals surface area contributed by atoms with E-state index in [1.807, 2.05) is 18.2 Å². The van der Waals surface area contributed by atoms with Crippen LogP contribution in [0.15, 0.2) is 42.5 Å². The fourth-order valence-corrected chi connectivity index (χ4v) is 2.38. The molecule has 0 fully saturated rings. The Hall–Kier alpha value is -1.29. The largest absolute Gasteiger partial charge is 0.332 e. The van der Waals surface area contributed by atoms with Crippen LogP contribution in [0.1, 0.15) is 25.3 Å². The predicted octanol–water partition coefficient (Wildman–Crippen LogP) is 5.93. The zero-order valence-corrected chi connectivity index (χ0v) is 14.1. The smallest absolute Gasteiger partial charge is 0.175 e. The van der Waals surface area contributed by atoms with Crippen molar-refractivity contribution in [3.05, 3.63) is 58.1 Å². The summed E-state index contributed by atoms with van der Waals surface area (Å²) in [5.74, 6) is 0.475. The first-order valence-electron chi connectivity index (χ1n) is 6.58. The second-order valence-electron chi connectivity index (χ2n) is 4.99. The maximum atomic E-state index is 5.98. The lowest BCUT2D eigenvalue weighted by Crippen LogP contribution is -2.19. The molecule has 2 aromatic carbocycles. The van der Waals surface area contributed by atoms with Crippen molar-refractivity contribution >= 4 is 51.9 Å². The molecule has 2 rings (SSSR count). The quantitative estimate of drug-likeness (QED) is 0.678. The Bertz CT molecular complexity index is 656.